The molecule has 6 nitrogen and oxygen atoms in total. The summed E-state index contributed by atoms with van der Waals surface area (Å²) in [6, 6.07) is 5.13. The van der Waals surface area contributed by atoms with Gasteiger partial charge in [-0.15, -0.1) is 10.2 Å². The van der Waals surface area contributed by atoms with Gasteiger partial charge in [-0.25, -0.2) is 0 Å². The first kappa shape index (κ1) is 15.4. The molecular formula is C11H13Cl2N5O. The van der Waals surface area contributed by atoms with E-state index in [2.05, 4.69) is 15.2 Å². The van der Waals surface area contributed by atoms with Crippen molar-refractivity contribution in [2.45, 2.75) is 6.92 Å². The van der Waals surface area contributed by atoms with Crippen LogP contribution in [0.25, 0.3) is 11.3 Å². The molecule has 0 aliphatic carbocycles. The summed E-state index contributed by atoms with van der Waals surface area (Å²) < 4.78 is 0. The van der Waals surface area contributed by atoms with Crippen LogP contribution in [0.2, 0.25) is 10.0 Å². The summed E-state index contributed by atoms with van der Waals surface area (Å²) in [5, 5.41) is 15.8. The molecule has 0 amide bonds. The zero-order valence-corrected chi connectivity index (χ0v) is 11.7. The molecule has 8 heteroatoms. The predicted octanol–water partition coefficient (Wildman–Crippen LogP) is 2.01. The van der Waals surface area contributed by atoms with E-state index in [1.54, 1.807) is 25.1 Å². The van der Waals surface area contributed by atoms with E-state index in [1.165, 1.54) is 0 Å². The third-order valence-corrected chi connectivity index (χ3v) is 2.76. The molecule has 1 aromatic heterocycles. The quantitative estimate of drug-likeness (QED) is 0.743. The third kappa shape index (κ3) is 3.92. The molecule has 0 spiro atoms. The fourth-order valence-corrected chi connectivity index (χ4v) is 1.62. The monoisotopic (exact) mass is 301 g/mol. The topological polar surface area (TPSA) is 111 Å². The molecule has 0 aliphatic rings. The molecule has 5 N–H and O–H groups in total. The Morgan fingerprint density at radius 3 is 2.42 bits per heavy atom. The van der Waals surface area contributed by atoms with Gasteiger partial charge in [-0.2, -0.15) is 4.98 Å². The van der Waals surface area contributed by atoms with Gasteiger partial charge in [0.25, 0.3) is 0 Å². The van der Waals surface area contributed by atoms with Crippen molar-refractivity contribution in [3.8, 4) is 11.3 Å². The summed E-state index contributed by atoms with van der Waals surface area (Å²) in [5.41, 5.74) is 12.0. The number of hydrogen-bond acceptors (Lipinski definition) is 6. The Morgan fingerprint density at radius 2 is 1.84 bits per heavy atom. The standard InChI is InChI=1S/C9H7Cl2N5.C2H6O/c10-5-3-1-2-4(6(5)11)7-8(12)14-9(13)16-15-7;1-2-3/h1-3H,(H4,12,13,14,16);3H,2H2,1H3. The number of rotatable bonds is 1. The average Bonchev–Trinajstić information content (AvgIpc) is 2.34. The van der Waals surface area contributed by atoms with Crippen molar-refractivity contribution in [3.05, 3.63) is 28.2 Å². The minimum Gasteiger partial charge on any atom is -0.397 e. The zero-order valence-electron chi connectivity index (χ0n) is 10.1. The molecule has 1 heterocycles. The Morgan fingerprint density at radius 1 is 1.21 bits per heavy atom. The summed E-state index contributed by atoms with van der Waals surface area (Å²) in [5.74, 6) is 0.177. The van der Waals surface area contributed by atoms with Crippen LogP contribution >= 0.6 is 23.2 Å². The highest BCUT2D eigenvalue weighted by Gasteiger charge is 2.12. The number of aliphatic hydroxyl groups is 1. The summed E-state index contributed by atoms with van der Waals surface area (Å²) in [7, 11) is 0. The van der Waals surface area contributed by atoms with Crippen molar-refractivity contribution in [3.63, 3.8) is 0 Å². The Hall–Kier alpha value is -1.63. The zero-order chi connectivity index (χ0) is 14.4. The number of aromatic nitrogens is 3. The molecule has 102 valence electrons. The predicted molar refractivity (Wildman–Crippen MR) is 76.9 cm³/mol. The van der Waals surface area contributed by atoms with E-state index in [1.807, 2.05) is 0 Å². The maximum absolute atomic E-state index is 7.57. The number of anilines is 2. The number of halogens is 2. The Bertz CT molecular complexity index is 565. The van der Waals surface area contributed by atoms with Gasteiger partial charge in [0.2, 0.25) is 5.95 Å². The van der Waals surface area contributed by atoms with Crippen LogP contribution in [0.3, 0.4) is 0 Å². The lowest BCUT2D eigenvalue weighted by molar-refractivity contribution is 0.318. The van der Waals surface area contributed by atoms with Crippen LogP contribution in [0.4, 0.5) is 11.8 Å². The van der Waals surface area contributed by atoms with E-state index in [0.29, 0.717) is 21.3 Å². The molecule has 19 heavy (non-hydrogen) atoms. The third-order valence-electron chi connectivity index (χ3n) is 1.94. The Kier molecular flexibility index (Phi) is 5.75. The van der Waals surface area contributed by atoms with E-state index in [9.17, 15) is 0 Å². The van der Waals surface area contributed by atoms with Crippen molar-refractivity contribution in [2.24, 2.45) is 0 Å². The van der Waals surface area contributed by atoms with Crippen LogP contribution in [0.15, 0.2) is 18.2 Å². The van der Waals surface area contributed by atoms with Crippen molar-refractivity contribution >= 4 is 35.0 Å². The number of nitrogen functional groups attached to an aromatic ring is 2. The van der Waals surface area contributed by atoms with Crippen molar-refractivity contribution in [1.29, 1.82) is 0 Å². The van der Waals surface area contributed by atoms with Gasteiger partial charge in [0, 0.05) is 12.2 Å². The molecule has 1 aromatic carbocycles. The summed E-state index contributed by atoms with van der Waals surface area (Å²) in [6.07, 6.45) is 0. The van der Waals surface area contributed by atoms with E-state index in [0.717, 1.165) is 0 Å². The van der Waals surface area contributed by atoms with E-state index in [4.69, 9.17) is 39.8 Å². The van der Waals surface area contributed by atoms with Gasteiger partial charge in [0.15, 0.2) is 5.82 Å². The van der Waals surface area contributed by atoms with Crippen LogP contribution in [-0.2, 0) is 0 Å². The second-order valence-corrected chi connectivity index (χ2v) is 4.11. The van der Waals surface area contributed by atoms with Gasteiger partial charge in [0.05, 0.1) is 10.0 Å². The highest BCUT2D eigenvalue weighted by atomic mass is 35.5. The van der Waals surface area contributed by atoms with Gasteiger partial charge in [-0.3, -0.25) is 0 Å². The van der Waals surface area contributed by atoms with Gasteiger partial charge < -0.3 is 16.6 Å². The van der Waals surface area contributed by atoms with Crippen molar-refractivity contribution < 1.29 is 5.11 Å². The SMILES string of the molecule is CCO.Nc1nnc(-c2cccc(Cl)c2Cl)c(N)n1. The largest absolute Gasteiger partial charge is 0.397 e. The van der Waals surface area contributed by atoms with Crippen molar-refractivity contribution in [2.75, 3.05) is 18.1 Å². The summed E-state index contributed by atoms with van der Waals surface area (Å²) in [6.45, 7) is 1.93. The maximum atomic E-state index is 7.57. The van der Waals surface area contributed by atoms with Crippen LogP contribution in [-0.4, -0.2) is 26.9 Å². The molecule has 0 saturated heterocycles. The van der Waals surface area contributed by atoms with Gasteiger partial charge in [-0.1, -0.05) is 35.3 Å². The lowest BCUT2D eigenvalue weighted by atomic mass is 10.1. The lowest BCUT2D eigenvalue weighted by Gasteiger charge is -2.06. The Balaban J connectivity index is 0.000000550. The molecule has 0 unspecified atom stereocenters. The first-order valence-electron chi connectivity index (χ1n) is 5.32. The smallest absolute Gasteiger partial charge is 0.242 e. The lowest BCUT2D eigenvalue weighted by Crippen LogP contribution is -2.04. The molecular weight excluding hydrogens is 289 g/mol. The summed E-state index contributed by atoms with van der Waals surface area (Å²) in [4.78, 5) is 3.80. The maximum Gasteiger partial charge on any atom is 0.242 e. The number of hydrogen-bond donors (Lipinski definition) is 3. The Labute approximate surface area is 120 Å². The van der Waals surface area contributed by atoms with E-state index < -0.39 is 0 Å². The van der Waals surface area contributed by atoms with Gasteiger partial charge in [0.1, 0.15) is 5.69 Å². The number of nitrogens with two attached hydrogens (primary N) is 2. The fourth-order valence-electron chi connectivity index (χ4n) is 1.23. The fraction of sp³-hybridized carbons (Fsp3) is 0.182. The molecule has 2 rings (SSSR count). The summed E-state index contributed by atoms with van der Waals surface area (Å²) >= 11 is 11.9. The second-order valence-electron chi connectivity index (χ2n) is 3.32. The van der Waals surface area contributed by atoms with Gasteiger partial charge >= 0.3 is 0 Å². The van der Waals surface area contributed by atoms with Gasteiger partial charge in [-0.05, 0) is 13.0 Å². The minimum atomic E-state index is 0.0133. The molecule has 0 fully saturated rings. The highest BCUT2D eigenvalue weighted by Crippen LogP contribution is 2.33. The molecule has 0 saturated carbocycles. The molecule has 0 bridgehead atoms. The van der Waals surface area contributed by atoms with Crippen molar-refractivity contribution in [1.82, 2.24) is 15.2 Å². The van der Waals surface area contributed by atoms with Crippen LogP contribution < -0.4 is 11.5 Å². The van der Waals surface area contributed by atoms with E-state index >= 15 is 0 Å². The average molecular weight is 302 g/mol. The first-order chi connectivity index (χ1) is 9.01. The first-order valence-corrected chi connectivity index (χ1v) is 6.07. The normalized spacial score (nSPS) is 9.68. The van der Waals surface area contributed by atoms with Crippen LogP contribution in [0.5, 0.6) is 0 Å². The molecule has 0 atom stereocenters. The van der Waals surface area contributed by atoms with Crippen LogP contribution in [0, 0.1) is 0 Å². The second kappa shape index (κ2) is 7.08. The molecule has 0 aliphatic heterocycles. The highest BCUT2D eigenvalue weighted by molar-refractivity contribution is 6.43. The number of nitrogens with zero attached hydrogens (tertiary/aromatic N) is 3. The minimum absolute atomic E-state index is 0.0133. The number of benzene rings is 1. The number of aliphatic hydroxyl groups excluding tert-OH is 1. The molecule has 0 radical (unpaired) electrons. The van der Waals surface area contributed by atoms with E-state index in [-0.39, 0.29) is 18.4 Å². The molecule has 2 aromatic rings. The van der Waals surface area contributed by atoms with Crippen LogP contribution in [0.1, 0.15) is 6.92 Å².